The van der Waals surface area contributed by atoms with Crippen LogP contribution in [0.1, 0.15) is 18.4 Å². The highest BCUT2D eigenvalue weighted by atomic mass is 32.2. The van der Waals surface area contributed by atoms with Crippen molar-refractivity contribution in [2.75, 3.05) is 17.7 Å². The third-order valence-corrected chi connectivity index (χ3v) is 4.69. The van der Waals surface area contributed by atoms with Gasteiger partial charge in [0, 0.05) is 12.3 Å². The molecule has 1 amide bonds. The molecule has 1 N–H and O–H groups in total. The van der Waals surface area contributed by atoms with Crippen LogP contribution in [0.3, 0.4) is 0 Å². The number of carbonyl (C=O) groups excluding carboxylic acids is 1. The van der Waals surface area contributed by atoms with Crippen LogP contribution in [0.2, 0.25) is 0 Å². The molecular formula is C15H16F3N5O2S. The first-order valence-corrected chi connectivity index (χ1v) is 8.88. The summed E-state index contributed by atoms with van der Waals surface area (Å²) in [7, 11) is 0. The zero-order chi connectivity index (χ0) is 18.6. The molecule has 1 saturated heterocycles. The number of ether oxygens (including phenoxy) is 1. The second kappa shape index (κ2) is 8.04. The van der Waals surface area contributed by atoms with E-state index in [1.807, 2.05) is 0 Å². The molecule has 7 nitrogen and oxygen atoms in total. The minimum absolute atomic E-state index is 0.0346. The van der Waals surface area contributed by atoms with Gasteiger partial charge in [0.15, 0.2) is 0 Å². The first-order chi connectivity index (χ1) is 12.4. The Bertz CT molecular complexity index is 744. The predicted molar refractivity (Wildman–Crippen MR) is 87.6 cm³/mol. The molecule has 1 aromatic carbocycles. The first-order valence-electron chi connectivity index (χ1n) is 7.89. The molecule has 11 heteroatoms. The monoisotopic (exact) mass is 387 g/mol. The lowest BCUT2D eigenvalue weighted by atomic mass is 10.2. The van der Waals surface area contributed by atoms with E-state index in [0.717, 1.165) is 43.3 Å². The molecule has 0 spiro atoms. The van der Waals surface area contributed by atoms with Gasteiger partial charge in [0.05, 0.1) is 24.0 Å². The number of benzene rings is 1. The number of hydrogen-bond acceptors (Lipinski definition) is 6. The maximum absolute atomic E-state index is 12.5. The Balaban J connectivity index is 1.50. The number of tetrazole rings is 1. The predicted octanol–water partition coefficient (Wildman–Crippen LogP) is 2.60. The standard InChI is InChI=1S/C15H16F3N5O2S/c16-15(17,18)10-3-5-11(6-4-10)19-13(24)9-26-14-20-21-22-23(14)8-12-2-1-7-25-12/h3-6,12H,1-2,7-9H2,(H,19,24)/t12-/m1/s1. The van der Waals surface area contributed by atoms with Gasteiger partial charge in [-0.15, -0.1) is 5.10 Å². The van der Waals surface area contributed by atoms with E-state index in [0.29, 0.717) is 17.4 Å². The number of thioether (sulfide) groups is 1. The highest BCUT2D eigenvalue weighted by molar-refractivity contribution is 7.99. The van der Waals surface area contributed by atoms with Gasteiger partial charge in [-0.05, 0) is 47.5 Å². The van der Waals surface area contributed by atoms with Crippen LogP contribution in [0.4, 0.5) is 18.9 Å². The average molecular weight is 387 g/mol. The molecule has 0 bridgehead atoms. The van der Waals surface area contributed by atoms with Crippen molar-refractivity contribution in [1.82, 2.24) is 20.2 Å². The van der Waals surface area contributed by atoms with Crippen LogP contribution in [-0.4, -0.2) is 44.6 Å². The maximum atomic E-state index is 12.5. The highest BCUT2D eigenvalue weighted by Gasteiger charge is 2.30. The molecular weight excluding hydrogens is 371 g/mol. The van der Waals surface area contributed by atoms with Crippen LogP contribution >= 0.6 is 11.8 Å². The Kier molecular flexibility index (Phi) is 5.77. The van der Waals surface area contributed by atoms with Gasteiger partial charge in [0.1, 0.15) is 0 Å². The van der Waals surface area contributed by atoms with Crippen molar-refractivity contribution in [1.29, 1.82) is 0 Å². The number of carbonyl (C=O) groups is 1. The summed E-state index contributed by atoms with van der Waals surface area (Å²) in [5, 5.41) is 14.4. The Morgan fingerprint density at radius 3 is 2.77 bits per heavy atom. The van der Waals surface area contributed by atoms with E-state index < -0.39 is 11.7 Å². The maximum Gasteiger partial charge on any atom is 0.416 e. The van der Waals surface area contributed by atoms with E-state index >= 15 is 0 Å². The molecule has 2 heterocycles. The van der Waals surface area contributed by atoms with Gasteiger partial charge < -0.3 is 10.1 Å². The molecule has 1 aliphatic rings. The number of rotatable bonds is 6. The Labute approximate surface area is 151 Å². The Morgan fingerprint density at radius 2 is 2.12 bits per heavy atom. The van der Waals surface area contributed by atoms with Crippen LogP contribution in [0.15, 0.2) is 29.4 Å². The number of aromatic nitrogens is 4. The van der Waals surface area contributed by atoms with Gasteiger partial charge in [0.2, 0.25) is 11.1 Å². The van der Waals surface area contributed by atoms with Crippen LogP contribution in [0, 0.1) is 0 Å². The quantitative estimate of drug-likeness (QED) is 0.768. The van der Waals surface area contributed by atoms with Crippen molar-refractivity contribution >= 4 is 23.4 Å². The minimum atomic E-state index is -4.40. The van der Waals surface area contributed by atoms with Crippen LogP contribution in [-0.2, 0) is 22.3 Å². The minimum Gasteiger partial charge on any atom is -0.376 e. The van der Waals surface area contributed by atoms with E-state index in [1.54, 1.807) is 4.68 Å². The summed E-state index contributed by atoms with van der Waals surface area (Å²) >= 11 is 1.15. The second-order valence-corrected chi connectivity index (χ2v) is 6.63. The summed E-state index contributed by atoms with van der Waals surface area (Å²) in [6.45, 7) is 1.25. The summed E-state index contributed by atoms with van der Waals surface area (Å²) in [6, 6.07) is 4.27. The fourth-order valence-electron chi connectivity index (χ4n) is 2.47. The first kappa shape index (κ1) is 18.6. The molecule has 26 heavy (non-hydrogen) atoms. The van der Waals surface area contributed by atoms with Crippen molar-refractivity contribution in [2.24, 2.45) is 0 Å². The molecule has 3 rings (SSSR count). The van der Waals surface area contributed by atoms with E-state index in [2.05, 4.69) is 20.8 Å². The van der Waals surface area contributed by atoms with E-state index in [1.165, 1.54) is 12.1 Å². The molecule has 0 aliphatic carbocycles. The molecule has 1 aliphatic heterocycles. The fourth-order valence-corrected chi connectivity index (χ4v) is 3.15. The molecule has 1 atom stereocenters. The summed E-state index contributed by atoms with van der Waals surface area (Å²) < 4.78 is 44.7. The van der Waals surface area contributed by atoms with Gasteiger partial charge >= 0.3 is 6.18 Å². The molecule has 0 radical (unpaired) electrons. The Hall–Kier alpha value is -2.14. The van der Waals surface area contributed by atoms with Crippen molar-refractivity contribution in [3.05, 3.63) is 29.8 Å². The fraction of sp³-hybridized carbons (Fsp3) is 0.467. The molecule has 0 saturated carbocycles. The number of nitrogens with zero attached hydrogens (tertiary/aromatic N) is 4. The van der Waals surface area contributed by atoms with Crippen molar-refractivity contribution < 1.29 is 22.7 Å². The van der Waals surface area contributed by atoms with Crippen molar-refractivity contribution in [3.8, 4) is 0 Å². The SMILES string of the molecule is O=C(CSc1nnnn1C[C@H]1CCCO1)Nc1ccc(C(F)(F)F)cc1. The second-order valence-electron chi connectivity index (χ2n) is 5.69. The summed E-state index contributed by atoms with van der Waals surface area (Å²) in [4.78, 5) is 12.0. The lowest BCUT2D eigenvalue weighted by Crippen LogP contribution is -2.18. The van der Waals surface area contributed by atoms with Crippen LogP contribution in [0.25, 0.3) is 0 Å². The van der Waals surface area contributed by atoms with Gasteiger partial charge in [-0.25, -0.2) is 4.68 Å². The number of anilines is 1. The molecule has 1 fully saturated rings. The third-order valence-electron chi connectivity index (χ3n) is 3.73. The lowest BCUT2D eigenvalue weighted by Gasteiger charge is -2.10. The van der Waals surface area contributed by atoms with Gasteiger partial charge in [0.25, 0.3) is 0 Å². The topological polar surface area (TPSA) is 81.9 Å². The summed E-state index contributed by atoms with van der Waals surface area (Å²) in [6.07, 6.45) is -2.39. The summed E-state index contributed by atoms with van der Waals surface area (Å²) in [5.41, 5.74) is -0.472. The molecule has 0 unspecified atom stereocenters. The Morgan fingerprint density at radius 1 is 1.35 bits per heavy atom. The molecule has 1 aromatic heterocycles. The zero-order valence-electron chi connectivity index (χ0n) is 13.6. The van der Waals surface area contributed by atoms with Crippen LogP contribution in [0.5, 0.6) is 0 Å². The number of alkyl halides is 3. The lowest BCUT2D eigenvalue weighted by molar-refractivity contribution is -0.137. The van der Waals surface area contributed by atoms with Crippen molar-refractivity contribution in [2.45, 2.75) is 36.8 Å². The van der Waals surface area contributed by atoms with E-state index in [-0.39, 0.29) is 17.8 Å². The third kappa shape index (κ3) is 4.94. The highest BCUT2D eigenvalue weighted by Crippen LogP contribution is 2.29. The number of hydrogen-bond donors (Lipinski definition) is 1. The van der Waals surface area contributed by atoms with Crippen molar-refractivity contribution in [3.63, 3.8) is 0 Å². The van der Waals surface area contributed by atoms with Gasteiger partial charge in [-0.2, -0.15) is 13.2 Å². The van der Waals surface area contributed by atoms with Crippen LogP contribution < -0.4 is 5.32 Å². The zero-order valence-corrected chi connectivity index (χ0v) is 14.4. The number of nitrogens with one attached hydrogen (secondary N) is 1. The van der Waals surface area contributed by atoms with E-state index in [4.69, 9.17) is 4.74 Å². The van der Waals surface area contributed by atoms with E-state index in [9.17, 15) is 18.0 Å². The van der Waals surface area contributed by atoms with Gasteiger partial charge in [-0.1, -0.05) is 11.8 Å². The van der Waals surface area contributed by atoms with Gasteiger partial charge in [-0.3, -0.25) is 4.79 Å². The number of halogens is 3. The smallest absolute Gasteiger partial charge is 0.376 e. The molecule has 140 valence electrons. The number of amides is 1. The summed E-state index contributed by atoms with van der Waals surface area (Å²) in [5.74, 6) is -0.325. The normalized spacial score (nSPS) is 17.4. The molecule has 2 aromatic rings. The largest absolute Gasteiger partial charge is 0.416 e. The average Bonchev–Trinajstić information content (AvgIpc) is 3.25.